The number of amides is 1. The first kappa shape index (κ1) is 22.8. The predicted octanol–water partition coefficient (Wildman–Crippen LogP) is 6.16. The summed E-state index contributed by atoms with van der Waals surface area (Å²) in [5.41, 5.74) is 1.99. The first-order chi connectivity index (χ1) is 15.2. The van der Waals surface area contributed by atoms with Gasteiger partial charge in [0.2, 0.25) is 5.91 Å². The van der Waals surface area contributed by atoms with Gasteiger partial charge in [-0.1, -0.05) is 59.5 Å². The quantitative estimate of drug-likeness (QED) is 0.489. The molecule has 2 aliphatic rings. The van der Waals surface area contributed by atoms with Crippen LogP contribution in [0.2, 0.25) is 10.0 Å². The van der Waals surface area contributed by atoms with Gasteiger partial charge in [0, 0.05) is 28.4 Å². The van der Waals surface area contributed by atoms with Crippen LogP contribution in [-0.4, -0.2) is 28.5 Å². The number of rotatable bonds is 5. The minimum atomic E-state index is -0.729. The molecule has 7 heteroatoms. The highest BCUT2D eigenvalue weighted by molar-refractivity contribution is 6.30. The Morgan fingerprint density at radius 1 is 1.09 bits per heavy atom. The van der Waals surface area contributed by atoms with Crippen molar-refractivity contribution in [3.05, 3.63) is 69.7 Å². The summed E-state index contributed by atoms with van der Waals surface area (Å²) in [6.45, 7) is 6.02. The third kappa shape index (κ3) is 4.41. The highest BCUT2D eigenvalue weighted by Gasteiger charge is 2.51. The number of hydrogen-bond donors (Lipinski definition) is 0. The zero-order valence-electron chi connectivity index (χ0n) is 18.3. The third-order valence-electron chi connectivity index (χ3n) is 6.37. The lowest BCUT2D eigenvalue weighted by Crippen LogP contribution is -2.54. The van der Waals surface area contributed by atoms with Crippen molar-refractivity contribution in [2.24, 2.45) is 10.6 Å². The Balaban J connectivity index is 1.81. The molecule has 168 valence electrons. The molecule has 1 amide bonds. The van der Waals surface area contributed by atoms with Crippen molar-refractivity contribution >= 4 is 40.8 Å². The molecule has 0 aromatic heterocycles. The second kappa shape index (κ2) is 8.87. The fraction of sp³-hybridized carbons (Fsp3) is 0.400. The summed E-state index contributed by atoms with van der Waals surface area (Å²) >= 11 is 12.5. The van der Waals surface area contributed by atoms with Crippen molar-refractivity contribution in [2.45, 2.75) is 58.0 Å². The molecule has 0 radical (unpaired) electrons. The number of hydrogen-bond acceptors (Lipinski definition) is 4. The van der Waals surface area contributed by atoms with Crippen LogP contribution < -0.4 is 0 Å². The predicted molar refractivity (Wildman–Crippen MR) is 126 cm³/mol. The van der Waals surface area contributed by atoms with Crippen LogP contribution in [0.4, 0.5) is 0 Å². The Morgan fingerprint density at radius 3 is 2.41 bits per heavy atom. The van der Waals surface area contributed by atoms with E-state index in [-0.39, 0.29) is 36.3 Å². The third-order valence-corrected chi connectivity index (χ3v) is 6.85. The Morgan fingerprint density at radius 2 is 1.81 bits per heavy atom. The average molecular weight is 473 g/mol. The van der Waals surface area contributed by atoms with E-state index >= 15 is 0 Å². The number of likely N-dealkylation sites (tertiary alicyclic amines) is 1. The van der Waals surface area contributed by atoms with Crippen LogP contribution in [0, 0.1) is 5.41 Å². The summed E-state index contributed by atoms with van der Waals surface area (Å²) in [5.74, 6) is -0.329. The molecule has 0 bridgehead atoms. The van der Waals surface area contributed by atoms with Crippen LogP contribution in [0.25, 0.3) is 0 Å². The van der Waals surface area contributed by atoms with Crippen molar-refractivity contribution in [1.82, 2.24) is 4.90 Å². The molecule has 0 aliphatic carbocycles. The molecule has 4 rings (SSSR count). The van der Waals surface area contributed by atoms with E-state index in [1.807, 2.05) is 68.1 Å². The fourth-order valence-electron chi connectivity index (χ4n) is 5.00. The summed E-state index contributed by atoms with van der Waals surface area (Å²) in [6.07, 6.45) is 1.11. The topological polar surface area (TPSA) is 59.0 Å². The van der Waals surface area contributed by atoms with E-state index in [9.17, 15) is 9.59 Å². The molecular weight excluding hydrogens is 447 g/mol. The van der Waals surface area contributed by atoms with Gasteiger partial charge >= 0.3 is 5.97 Å². The van der Waals surface area contributed by atoms with Crippen molar-refractivity contribution in [3.8, 4) is 0 Å². The Bertz CT molecular complexity index is 1070. The van der Waals surface area contributed by atoms with Crippen LogP contribution in [0.3, 0.4) is 0 Å². The second-order valence-corrected chi connectivity index (χ2v) is 10.1. The maximum absolute atomic E-state index is 13.9. The van der Waals surface area contributed by atoms with Crippen LogP contribution in [0.1, 0.15) is 63.1 Å². The molecule has 3 atom stereocenters. The Kier molecular flexibility index (Phi) is 6.33. The monoisotopic (exact) mass is 472 g/mol. The highest BCUT2D eigenvalue weighted by Crippen LogP contribution is 2.52. The van der Waals surface area contributed by atoms with Crippen LogP contribution in [0.5, 0.6) is 0 Å². The largest absolute Gasteiger partial charge is 0.340 e. The normalized spacial score (nSPS) is 25.8. The summed E-state index contributed by atoms with van der Waals surface area (Å²) in [4.78, 5) is 32.3. The number of halogens is 2. The molecule has 1 saturated heterocycles. The van der Waals surface area contributed by atoms with Gasteiger partial charge in [0.25, 0.3) is 0 Å². The number of carbonyl (C=O) groups is 2. The molecule has 1 fully saturated rings. The Labute approximate surface area is 198 Å². The molecule has 5 nitrogen and oxygen atoms in total. The zero-order valence-corrected chi connectivity index (χ0v) is 19.9. The fourth-order valence-corrected chi connectivity index (χ4v) is 5.33. The maximum Gasteiger partial charge on any atom is 0.340 e. The van der Waals surface area contributed by atoms with Crippen molar-refractivity contribution in [2.75, 3.05) is 0 Å². The van der Waals surface area contributed by atoms with Crippen LogP contribution in [-0.2, 0) is 14.4 Å². The second-order valence-electron chi connectivity index (χ2n) is 9.20. The van der Waals surface area contributed by atoms with Crippen molar-refractivity contribution in [1.29, 1.82) is 0 Å². The lowest BCUT2D eigenvalue weighted by Gasteiger charge is -2.51. The molecule has 0 unspecified atom stereocenters. The number of oxime groups is 1. The van der Waals surface area contributed by atoms with Gasteiger partial charge in [0.1, 0.15) is 0 Å². The van der Waals surface area contributed by atoms with Gasteiger partial charge in [-0.2, -0.15) is 0 Å². The molecule has 2 aromatic rings. The SMILES string of the molecule is CC(C)N1C(=O)[C@@](C)(CC2=NOC(=O)C2)C[C@H](c2cccc(Cl)c2)[C@H]1c1ccc(Cl)cc1. The van der Waals surface area contributed by atoms with Gasteiger partial charge in [0.15, 0.2) is 0 Å². The summed E-state index contributed by atoms with van der Waals surface area (Å²) < 4.78 is 0. The lowest BCUT2D eigenvalue weighted by atomic mass is 9.66. The molecule has 0 saturated carbocycles. The molecule has 32 heavy (non-hydrogen) atoms. The summed E-state index contributed by atoms with van der Waals surface area (Å²) in [7, 11) is 0. The zero-order chi connectivity index (χ0) is 23.0. The lowest BCUT2D eigenvalue weighted by molar-refractivity contribution is -0.153. The van der Waals surface area contributed by atoms with Crippen molar-refractivity contribution < 1.29 is 14.4 Å². The molecule has 2 aliphatic heterocycles. The van der Waals surface area contributed by atoms with Crippen molar-refractivity contribution in [3.63, 3.8) is 0 Å². The first-order valence-corrected chi connectivity index (χ1v) is 11.5. The molecule has 2 aromatic carbocycles. The molecular formula is C25H26Cl2N2O3. The number of benzene rings is 2. The van der Waals surface area contributed by atoms with Gasteiger partial charge in [-0.25, -0.2) is 4.79 Å². The summed E-state index contributed by atoms with van der Waals surface area (Å²) in [6, 6.07) is 15.3. The van der Waals surface area contributed by atoms with E-state index in [1.165, 1.54) is 0 Å². The van der Waals surface area contributed by atoms with E-state index in [4.69, 9.17) is 28.0 Å². The number of piperidine rings is 1. The van der Waals surface area contributed by atoms with E-state index in [0.29, 0.717) is 28.6 Å². The smallest absolute Gasteiger partial charge is 0.332 e. The standard InChI is InChI=1S/C25H26Cl2N2O3/c1-15(2)29-23(16-7-9-18(26)10-8-16)21(17-5-4-6-19(27)11-17)14-25(3,24(29)31)13-20-12-22(30)32-28-20/h4-11,15,21,23H,12-14H2,1-3H3/t21-,23-,25+/m1/s1. The molecule has 2 heterocycles. The van der Waals surface area contributed by atoms with E-state index in [1.54, 1.807) is 0 Å². The van der Waals surface area contributed by atoms with Gasteiger partial charge < -0.3 is 9.74 Å². The van der Waals surface area contributed by atoms with Gasteiger partial charge in [0.05, 0.1) is 23.6 Å². The van der Waals surface area contributed by atoms with E-state index in [0.717, 1.165) is 11.1 Å². The van der Waals surface area contributed by atoms with Crippen LogP contribution in [0.15, 0.2) is 53.7 Å². The van der Waals surface area contributed by atoms with Gasteiger partial charge in [-0.05, 0) is 55.7 Å². The maximum atomic E-state index is 13.9. The molecule has 0 spiro atoms. The first-order valence-electron chi connectivity index (χ1n) is 10.8. The van der Waals surface area contributed by atoms with Crippen LogP contribution >= 0.6 is 23.2 Å². The number of nitrogens with zero attached hydrogens (tertiary/aromatic N) is 2. The average Bonchev–Trinajstić information content (AvgIpc) is 3.14. The minimum Gasteiger partial charge on any atom is -0.332 e. The molecule has 0 N–H and O–H groups in total. The Hall–Kier alpha value is -2.37. The highest BCUT2D eigenvalue weighted by atomic mass is 35.5. The number of carbonyl (C=O) groups excluding carboxylic acids is 2. The van der Waals surface area contributed by atoms with E-state index in [2.05, 4.69) is 11.2 Å². The van der Waals surface area contributed by atoms with E-state index < -0.39 is 5.41 Å². The van der Waals surface area contributed by atoms with Gasteiger partial charge in [-0.3, -0.25) is 4.79 Å². The summed E-state index contributed by atoms with van der Waals surface area (Å²) in [5, 5.41) is 5.23. The van der Waals surface area contributed by atoms with Gasteiger partial charge in [-0.15, -0.1) is 0 Å². The minimum absolute atomic E-state index is 0.00130.